The van der Waals surface area contributed by atoms with Crippen LogP contribution in [-0.2, 0) is 11.3 Å². The fraction of sp³-hybridized carbons (Fsp3) is 0.200. The molecule has 0 aliphatic heterocycles. The van der Waals surface area contributed by atoms with Crippen LogP contribution in [0.25, 0.3) is 0 Å². The van der Waals surface area contributed by atoms with Gasteiger partial charge in [0.2, 0.25) is 5.91 Å². The summed E-state index contributed by atoms with van der Waals surface area (Å²) in [4.78, 5) is 24.9. The number of hydrogen-bond acceptors (Lipinski definition) is 4. The maximum Gasteiger partial charge on any atom is 0.278 e. The van der Waals surface area contributed by atoms with E-state index < -0.39 is 0 Å². The van der Waals surface area contributed by atoms with E-state index in [0.717, 1.165) is 16.8 Å². The number of carbonyl (C=O) groups is 2. The number of amides is 2. The molecule has 0 saturated carbocycles. The summed E-state index contributed by atoms with van der Waals surface area (Å²) in [6.07, 6.45) is 0. The average molecular weight is 398 g/mol. The Morgan fingerprint density at radius 2 is 1.64 bits per heavy atom. The average Bonchev–Trinajstić information content (AvgIpc) is 3.00. The molecular formula is C20H20ClN5O2. The second-order valence-corrected chi connectivity index (χ2v) is 6.89. The van der Waals surface area contributed by atoms with Crippen molar-refractivity contribution in [1.82, 2.24) is 15.0 Å². The minimum atomic E-state index is -0.362. The van der Waals surface area contributed by atoms with Crippen molar-refractivity contribution in [3.05, 3.63) is 70.0 Å². The van der Waals surface area contributed by atoms with Crippen molar-refractivity contribution in [1.29, 1.82) is 0 Å². The van der Waals surface area contributed by atoms with Crippen molar-refractivity contribution in [2.75, 3.05) is 10.6 Å². The van der Waals surface area contributed by atoms with Gasteiger partial charge in [-0.2, -0.15) is 0 Å². The molecule has 1 heterocycles. The summed E-state index contributed by atoms with van der Waals surface area (Å²) >= 11 is 5.84. The first-order chi connectivity index (χ1) is 13.3. The minimum Gasteiger partial charge on any atom is -0.324 e. The van der Waals surface area contributed by atoms with E-state index >= 15 is 0 Å². The summed E-state index contributed by atoms with van der Waals surface area (Å²) in [6, 6.07) is 12.6. The monoisotopic (exact) mass is 397 g/mol. The van der Waals surface area contributed by atoms with Crippen LogP contribution < -0.4 is 10.6 Å². The molecular weight excluding hydrogens is 378 g/mol. The van der Waals surface area contributed by atoms with Crippen LogP contribution in [0.2, 0.25) is 5.02 Å². The van der Waals surface area contributed by atoms with Crippen molar-refractivity contribution < 1.29 is 9.59 Å². The molecule has 0 bridgehead atoms. The Morgan fingerprint density at radius 3 is 2.29 bits per heavy atom. The van der Waals surface area contributed by atoms with Gasteiger partial charge in [0, 0.05) is 16.4 Å². The zero-order chi connectivity index (χ0) is 20.3. The molecule has 0 aliphatic carbocycles. The number of aromatic nitrogens is 3. The standard InChI is InChI=1S/C20H20ClN5O2/c1-12-5-4-6-13(2)18(12)23-20(28)19-14(3)26(25-24-19)11-17(27)22-16-9-7-15(21)8-10-16/h4-10H,11H2,1-3H3,(H,22,27)(H,23,28). The summed E-state index contributed by atoms with van der Waals surface area (Å²) in [6.45, 7) is 5.49. The fourth-order valence-electron chi connectivity index (χ4n) is 2.77. The lowest BCUT2D eigenvalue weighted by Gasteiger charge is -2.10. The third-order valence-corrected chi connectivity index (χ3v) is 4.59. The lowest BCUT2D eigenvalue weighted by Crippen LogP contribution is -2.21. The van der Waals surface area contributed by atoms with Crippen molar-refractivity contribution in [2.24, 2.45) is 0 Å². The fourth-order valence-corrected chi connectivity index (χ4v) is 2.90. The molecule has 28 heavy (non-hydrogen) atoms. The number of halogens is 1. The molecule has 0 spiro atoms. The van der Waals surface area contributed by atoms with Crippen molar-refractivity contribution in [3.63, 3.8) is 0 Å². The third kappa shape index (κ3) is 4.37. The Labute approximate surface area is 167 Å². The van der Waals surface area contributed by atoms with Gasteiger partial charge in [-0.15, -0.1) is 5.10 Å². The van der Waals surface area contributed by atoms with Crippen molar-refractivity contribution >= 4 is 34.8 Å². The largest absolute Gasteiger partial charge is 0.324 e. The van der Waals surface area contributed by atoms with Gasteiger partial charge in [-0.25, -0.2) is 4.68 Å². The number of rotatable bonds is 5. The number of benzene rings is 2. The summed E-state index contributed by atoms with van der Waals surface area (Å²) in [5.74, 6) is -0.642. The minimum absolute atomic E-state index is 0.0574. The highest BCUT2D eigenvalue weighted by molar-refractivity contribution is 6.30. The van der Waals surface area contributed by atoms with Gasteiger partial charge in [0.15, 0.2) is 5.69 Å². The van der Waals surface area contributed by atoms with Crippen LogP contribution in [0.5, 0.6) is 0 Å². The van der Waals surface area contributed by atoms with E-state index in [2.05, 4.69) is 20.9 Å². The zero-order valence-electron chi connectivity index (χ0n) is 15.8. The number of carbonyl (C=O) groups excluding carboxylic acids is 2. The van der Waals surface area contributed by atoms with Gasteiger partial charge in [-0.05, 0) is 56.2 Å². The van der Waals surface area contributed by atoms with Gasteiger partial charge in [0.05, 0.1) is 5.69 Å². The van der Waals surface area contributed by atoms with Crippen molar-refractivity contribution in [2.45, 2.75) is 27.3 Å². The van der Waals surface area contributed by atoms with Crippen LogP contribution >= 0.6 is 11.6 Å². The molecule has 3 aromatic rings. The molecule has 0 radical (unpaired) electrons. The lowest BCUT2D eigenvalue weighted by atomic mass is 10.1. The normalized spacial score (nSPS) is 10.6. The van der Waals surface area contributed by atoms with Gasteiger partial charge < -0.3 is 10.6 Å². The van der Waals surface area contributed by atoms with Crippen molar-refractivity contribution in [3.8, 4) is 0 Å². The number of nitrogens with zero attached hydrogens (tertiary/aromatic N) is 3. The molecule has 1 aromatic heterocycles. The number of para-hydroxylation sites is 1. The van der Waals surface area contributed by atoms with Gasteiger partial charge in [-0.3, -0.25) is 9.59 Å². The summed E-state index contributed by atoms with van der Waals surface area (Å²) < 4.78 is 1.39. The maximum absolute atomic E-state index is 12.6. The van der Waals surface area contributed by atoms with Crippen LogP contribution in [0.3, 0.4) is 0 Å². The molecule has 144 valence electrons. The Bertz CT molecular complexity index is 1010. The SMILES string of the molecule is Cc1cccc(C)c1NC(=O)c1nnn(CC(=O)Nc2ccc(Cl)cc2)c1C. The highest BCUT2D eigenvalue weighted by Gasteiger charge is 2.19. The Morgan fingerprint density at radius 1 is 1.00 bits per heavy atom. The molecule has 7 nitrogen and oxygen atoms in total. The Kier molecular flexibility index (Phi) is 5.75. The molecule has 2 amide bonds. The van der Waals surface area contributed by atoms with E-state index in [1.54, 1.807) is 31.2 Å². The van der Waals surface area contributed by atoms with Crippen LogP contribution in [-0.4, -0.2) is 26.8 Å². The van der Waals surface area contributed by atoms with E-state index in [9.17, 15) is 9.59 Å². The number of nitrogens with one attached hydrogen (secondary N) is 2. The van der Waals surface area contributed by atoms with E-state index in [1.165, 1.54) is 4.68 Å². The summed E-state index contributed by atoms with van der Waals surface area (Å²) in [5, 5.41) is 14.1. The van der Waals surface area contributed by atoms with E-state index in [4.69, 9.17) is 11.6 Å². The summed E-state index contributed by atoms with van der Waals surface area (Å²) in [5.41, 5.74) is 3.99. The third-order valence-electron chi connectivity index (χ3n) is 4.34. The van der Waals surface area contributed by atoms with Crippen LogP contribution in [0.1, 0.15) is 27.3 Å². The summed E-state index contributed by atoms with van der Waals surface area (Å²) in [7, 11) is 0. The Hall–Kier alpha value is -3.19. The highest BCUT2D eigenvalue weighted by Crippen LogP contribution is 2.20. The van der Waals surface area contributed by atoms with E-state index in [1.807, 2.05) is 32.0 Å². The molecule has 0 fully saturated rings. The lowest BCUT2D eigenvalue weighted by molar-refractivity contribution is -0.117. The quantitative estimate of drug-likeness (QED) is 0.686. The van der Waals surface area contributed by atoms with Gasteiger partial charge in [-0.1, -0.05) is 35.0 Å². The molecule has 0 aliphatic rings. The second kappa shape index (κ2) is 8.22. The van der Waals surface area contributed by atoms with E-state index in [-0.39, 0.29) is 24.1 Å². The van der Waals surface area contributed by atoms with Gasteiger partial charge in [0.1, 0.15) is 6.54 Å². The molecule has 0 saturated heterocycles. The number of hydrogen-bond donors (Lipinski definition) is 2. The smallest absolute Gasteiger partial charge is 0.278 e. The molecule has 2 N–H and O–H groups in total. The first-order valence-corrected chi connectivity index (χ1v) is 9.06. The molecule has 0 unspecified atom stereocenters. The molecule has 3 rings (SSSR count). The topological polar surface area (TPSA) is 88.9 Å². The molecule has 2 aromatic carbocycles. The molecule has 0 atom stereocenters. The maximum atomic E-state index is 12.6. The predicted octanol–water partition coefficient (Wildman–Crippen LogP) is 3.75. The van der Waals surface area contributed by atoms with Crippen LogP contribution in [0.15, 0.2) is 42.5 Å². The number of aryl methyl sites for hydroxylation is 2. The van der Waals surface area contributed by atoms with Gasteiger partial charge in [0.25, 0.3) is 5.91 Å². The van der Waals surface area contributed by atoms with E-state index in [0.29, 0.717) is 16.4 Å². The molecule has 8 heteroatoms. The van der Waals surface area contributed by atoms with Crippen LogP contribution in [0, 0.1) is 20.8 Å². The Balaban J connectivity index is 1.70. The van der Waals surface area contributed by atoms with Crippen LogP contribution in [0.4, 0.5) is 11.4 Å². The predicted molar refractivity (Wildman–Crippen MR) is 109 cm³/mol. The number of anilines is 2. The second-order valence-electron chi connectivity index (χ2n) is 6.46. The zero-order valence-corrected chi connectivity index (χ0v) is 16.5. The highest BCUT2D eigenvalue weighted by atomic mass is 35.5. The van der Waals surface area contributed by atoms with Gasteiger partial charge >= 0.3 is 0 Å². The first kappa shape index (κ1) is 19.6. The first-order valence-electron chi connectivity index (χ1n) is 8.68.